The molecule has 2 nitrogen and oxygen atoms in total. The van der Waals surface area contributed by atoms with Gasteiger partial charge in [-0.05, 0) is 33.2 Å². The number of rotatable bonds is 5. The van der Waals surface area contributed by atoms with Crippen LogP contribution in [0.3, 0.4) is 0 Å². The summed E-state index contributed by atoms with van der Waals surface area (Å²) < 4.78 is 0. The van der Waals surface area contributed by atoms with Gasteiger partial charge in [0.1, 0.15) is 0 Å². The minimum absolute atomic E-state index is 0.147. The summed E-state index contributed by atoms with van der Waals surface area (Å²) in [6.45, 7) is 9.43. The standard InChI is InChI=1S/C10H23NO/c1-8(2)10(12)6-7-11(5)9(3)4/h8-10,12H,6-7H2,1-5H3. The maximum absolute atomic E-state index is 9.53. The minimum Gasteiger partial charge on any atom is -0.393 e. The fraction of sp³-hybridized carbons (Fsp3) is 1.00. The summed E-state index contributed by atoms with van der Waals surface area (Å²) in [5.74, 6) is 0.380. The van der Waals surface area contributed by atoms with Gasteiger partial charge in [0.25, 0.3) is 0 Å². The van der Waals surface area contributed by atoms with Gasteiger partial charge in [0, 0.05) is 12.6 Å². The summed E-state index contributed by atoms with van der Waals surface area (Å²) in [4.78, 5) is 2.26. The van der Waals surface area contributed by atoms with Gasteiger partial charge in [-0.1, -0.05) is 13.8 Å². The molecule has 1 N–H and O–H groups in total. The van der Waals surface area contributed by atoms with Gasteiger partial charge in [-0.3, -0.25) is 0 Å². The van der Waals surface area contributed by atoms with Crippen molar-refractivity contribution in [3.63, 3.8) is 0 Å². The Balaban J connectivity index is 3.54. The lowest BCUT2D eigenvalue weighted by Gasteiger charge is -2.23. The Labute approximate surface area is 76.6 Å². The van der Waals surface area contributed by atoms with Crippen LogP contribution in [0.15, 0.2) is 0 Å². The van der Waals surface area contributed by atoms with E-state index in [4.69, 9.17) is 0 Å². The molecule has 1 unspecified atom stereocenters. The maximum Gasteiger partial charge on any atom is 0.0575 e. The zero-order chi connectivity index (χ0) is 9.72. The van der Waals surface area contributed by atoms with E-state index in [9.17, 15) is 5.11 Å². The summed E-state index contributed by atoms with van der Waals surface area (Å²) in [6, 6.07) is 0.573. The lowest BCUT2D eigenvalue weighted by atomic mass is 10.0. The van der Waals surface area contributed by atoms with Gasteiger partial charge in [-0.15, -0.1) is 0 Å². The molecule has 0 rings (SSSR count). The molecular formula is C10H23NO. The van der Waals surface area contributed by atoms with Crippen LogP contribution in [-0.2, 0) is 0 Å². The predicted octanol–water partition coefficient (Wildman–Crippen LogP) is 1.73. The van der Waals surface area contributed by atoms with Crippen molar-refractivity contribution in [1.29, 1.82) is 0 Å². The van der Waals surface area contributed by atoms with E-state index >= 15 is 0 Å². The smallest absolute Gasteiger partial charge is 0.0575 e. The van der Waals surface area contributed by atoms with Crippen LogP contribution in [0, 0.1) is 5.92 Å². The van der Waals surface area contributed by atoms with Crippen molar-refractivity contribution in [2.75, 3.05) is 13.6 Å². The van der Waals surface area contributed by atoms with Gasteiger partial charge in [-0.2, -0.15) is 0 Å². The second kappa shape index (κ2) is 5.55. The highest BCUT2D eigenvalue weighted by Crippen LogP contribution is 2.06. The molecule has 0 aliphatic carbocycles. The highest BCUT2D eigenvalue weighted by molar-refractivity contribution is 4.64. The second-order valence-corrected chi connectivity index (χ2v) is 4.17. The first-order valence-electron chi connectivity index (χ1n) is 4.83. The number of hydrogen-bond donors (Lipinski definition) is 1. The van der Waals surface area contributed by atoms with Gasteiger partial charge in [0.05, 0.1) is 6.10 Å². The van der Waals surface area contributed by atoms with Crippen molar-refractivity contribution < 1.29 is 5.11 Å². The monoisotopic (exact) mass is 173 g/mol. The molecule has 0 aliphatic rings. The molecule has 0 heterocycles. The SMILES string of the molecule is CC(C)C(O)CCN(C)C(C)C. The molecule has 2 heteroatoms. The molecule has 0 aromatic heterocycles. The van der Waals surface area contributed by atoms with Gasteiger partial charge in [-0.25, -0.2) is 0 Å². The highest BCUT2D eigenvalue weighted by Gasteiger charge is 2.10. The molecule has 0 saturated heterocycles. The molecule has 0 saturated carbocycles. The van der Waals surface area contributed by atoms with Crippen LogP contribution in [-0.4, -0.2) is 35.7 Å². The van der Waals surface area contributed by atoms with Gasteiger partial charge < -0.3 is 10.0 Å². The van der Waals surface area contributed by atoms with E-state index in [2.05, 4.69) is 39.6 Å². The van der Waals surface area contributed by atoms with Crippen molar-refractivity contribution in [3.8, 4) is 0 Å². The third kappa shape index (κ3) is 4.73. The van der Waals surface area contributed by atoms with Crippen molar-refractivity contribution in [2.24, 2.45) is 5.92 Å². The molecule has 0 bridgehead atoms. The Morgan fingerprint density at radius 1 is 1.17 bits per heavy atom. The van der Waals surface area contributed by atoms with Crippen LogP contribution in [0.25, 0.3) is 0 Å². The quantitative estimate of drug-likeness (QED) is 0.684. The Hall–Kier alpha value is -0.0800. The van der Waals surface area contributed by atoms with E-state index in [-0.39, 0.29) is 6.10 Å². The van der Waals surface area contributed by atoms with Gasteiger partial charge >= 0.3 is 0 Å². The fourth-order valence-corrected chi connectivity index (χ4v) is 0.927. The van der Waals surface area contributed by atoms with E-state index in [0.717, 1.165) is 13.0 Å². The van der Waals surface area contributed by atoms with Crippen molar-refractivity contribution in [1.82, 2.24) is 4.90 Å². The Morgan fingerprint density at radius 3 is 2.00 bits per heavy atom. The fourth-order valence-electron chi connectivity index (χ4n) is 0.927. The van der Waals surface area contributed by atoms with E-state index in [1.165, 1.54) is 0 Å². The molecule has 0 amide bonds. The summed E-state index contributed by atoms with van der Waals surface area (Å²) in [5.41, 5.74) is 0. The first-order chi connectivity index (χ1) is 5.45. The molecule has 12 heavy (non-hydrogen) atoms. The van der Waals surface area contributed by atoms with Crippen molar-refractivity contribution in [2.45, 2.75) is 46.3 Å². The molecule has 0 radical (unpaired) electrons. The topological polar surface area (TPSA) is 23.5 Å². The van der Waals surface area contributed by atoms with Gasteiger partial charge in [0.15, 0.2) is 0 Å². The summed E-state index contributed by atoms with van der Waals surface area (Å²) >= 11 is 0. The van der Waals surface area contributed by atoms with Crippen LogP contribution in [0.2, 0.25) is 0 Å². The molecule has 0 aliphatic heterocycles. The third-order valence-electron chi connectivity index (χ3n) is 2.43. The van der Waals surface area contributed by atoms with Crippen LogP contribution in [0.5, 0.6) is 0 Å². The highest BCUT2D eigenvalue weighted by atomic mass is 16.3. The van der Waals surface area contributed by atoms with Crippen LogP contribution in [0.1, 0.15) is 34.1 Å². The summed E-state index contributed by atoms with van der Waals surface area (Å²) in [6.07, 6.45) is 0.734. The summed E-state index contributed by atoms with van der Waals surface area (Å²) in [7, 11) is 2.09. The molecule has 0 fully saturated rings. The zero-order valence-corrected chi connectivity index (χ0v) is 9.04. The third-order valence-corrected chi connectivity index (χ3v) is 2.43. The lowest BCUT2D eigenvalue weighted by molar-refractivity contribution is 0.0993. The van der Waals surface area contributed by atoms with Crippen molar-refractivity contribution in [3.05, 3.63) is 0 Å². The number of aliphatic hydroxyl groups excluding tert-OH is 1. The zero-order valence-electron chi connectivity index (χ0n) is 9.04. The molecular weight excluding hydrogens is 150 g/mol. The average Bonchev–Trinajstić information content (AvgIpc) is 1.98. The van der Waals surface area contributed by atoms with Crippen LogP contribution < -0.4 is 0 Å². The van der Waals surface area contributed by atoms with Gasteiger partial charge in [0.2, 0.25) is 0 Å². The number of nitrogens with zero attached hydrogens (tertiary/aromatic N) is 1. The average molecular weight is 173 g/mol. The largest absolute Gasteiger partial charge is 0.393 e. The van der Waals surface area contributed by atoms with E-state index in [1.807, 2.05) is 0 Å². The molecule has 74 valence electrons. The first kappa shape index (κ1) is 11.9. The normalized spacial score (nSPS) is 14.8. The lowest BCUT2D eigenvalue weighted by Crippen LogP contribution is -2.30. The Kier molecular flexibility index (Phi) is 5.51. The maximum atomic E-state index is 9.53. The Bertz CT molecular complexity index is 98.4. The first-order valence-corrected chi connectivity index (χ1v) is 4.83. The second-order valence-electron chi connectivity index (χ2n) is 4.17. The van der Waals surface area contributed by atoms with E-state index in [1.54, 1.807) is 0 Å². The van der Waals surface area contributed by atoms with E-state index in [0.29, 0.717) is 12.0 Å². The molecule has 0 aromatic rings. The summed E-state index contributed by atoms with van der Waals surface area (Å²) in [5, 5.41) is 9.53. The number of aliphatic hydroxyl groups is 1. The minimum atomic E-state index is -0.147. The van der Waals surface area contributed by atoms with Crippen LogP contribution >= 0.6 is 0 Å². The van der Waals surface area contributed by atoms with Crippen LogP contribution in [0.4, 0.5) is 0 Å². The molecule has 1 atom stereocenters. The van der Waals surface area contributed by atoms with Crippen molar-refractivity contribution >= 4 is 0 Å². The molecule has 0 aromatic carbocycles. The van der Waals surface area contributed by atoms with E-state index < -0.39 is 0 Å². The predicted molar refractivity (Wildman–Crippen MR) is 53.2 cm³/mol. The number of hydrogen-bond acceptors (Lipinski definition) is 2. The Morgan fingerprint density at radius 2 is 1.67 bits per heavy atom. The molecule has 0 spiro atoms.